The minimum atomic E-state index is -0.973. The van der Waals surface area contributed by atoms with Crippen molar-refractivity contribution in [1.82, 2.24) is 14.8 Å². The molecule has 0 unspecified atom stereocenters. The van der Waals surface area contributed by atoms with Gasteiger partial charge in [-0.3, -0.25) is 4.79 Å². The Balaban J connectivity index is 1.30. The number of likely N-dealkylation sites (tertiary alicyclic amines) is 1. The highest BCUT2D eigenvalue weighted by atomic mass is 35.5. The van der Waals surface area contributed by atoms with Gasteiger partial charge in [0.2, 0.25) is 5.91 Å². The molecule has 234 valence electrons. The number of carbonyl (C=O) groups excluding carboxylic acids is 2. The average Bonchev–Trinajstić information content (AvgIpc) is 3.44. The Labute approximate surface area is 261 Å². The molecular formula is C33H37ClF2N4O4. The molecule has 11 heteroatoms. The molecule has 5 rings (SSSR count). The molecule has 8 nitrogen and oxygen atoms in total. The Morgan fingerprint density at radius 3 is 2.36 bits per heavy atom. The molecule has 0 saturated carbocycles. The number of nitrogens with zero attached hydrogens (tertiary/aromatic N) is 4. The fourth-order valence-corrected chi connectivity index (χ4v) is 6.18. The van der Waals surface area contributed by atoms with Gasteiger partial charge in [0.1, 0.15) is 23.2 Å². The first-order valence-electron chi connectivity index (χ1n) is 14.9. The molecule has 0 aliphatic carbocycles. The van der Waals surface area contributed by atoms with E-state index in [0.29, 0.717) is 38.0 Å². The lowest BCUT2D eigenvalue weighted by Gasteiger charge is -2.34. The number of carbonyl (C=O) groups is 2. The second kappa shape index (κ2) is 13.1. The Morgan fingerprint density at radius 2 is 1.77 bits per heavy atom. The minimum absolute atomic E-state index is 0.000113. The van der Waals surface area contributed by atoms with Crippen LogP contribution in [0.5, 0.6) is 5.75 Å². The SMILES string of the molecule is CCN(C(=O)Oc1ccc(F)cc1)[C@@H]1CN(C(=O)C2CCN(c3ccc(C(C)(C)O)cn3)CC2)C[C@H]1c1ccc(Cl)c(F)c1. The summed E-state index contributed by atoms with van der Waals surface area (Å²) in [4.78, 5) is 37.1. The first-order chi connectivity index (χ1) is 20.9. The number of hydrogen-bond acceptors (Lipinski definition) is 6. The van der Waals surface area contributed by atoms with E-state index in [4.69, 9.17) is 16.3 Å². The Morgan fingerprint density at radius 1 is 1.07 bits per heavy atom. The van der Waals surface area contributed by atoms with E-state index in [1.165, 1.54) is 36.4 Å². The van der Waals surface area contributed by atoms with Crippen molar-refractivity contribution in [2.45, 2.75) is 51.2 Å². The Hall–Kier alpha value is -3.76. The third kappa shape index (κ3) is 6.97. The van der Waals surface area contributed by atoms with Crippen LogP contribution in [0.4, 0.5) is 19.4 Å². The number of pyridine rings is 1. The average molecular weight is 627 g/mol. The second-order valence-corrected chi connectivity index (χ2v) is 12.3. The number of ether oxygens (including phenoxy) is 1. The van der Waals surface area contributed by atoms with E-state index in [9.17, 15) is 23.5 Å². The van der Waals surface area contributed by atoms with E-state index in [0.717, 1.165) is 11.4 Å². The largest absolute Gasteiger partial charge is 0.415 e. The predicted molar refractivity (Wildman–Crippen MR) is 164 cm³/mol. The smallest absolute Gasteiger partial charge is 0.410 e. The maximum absolute atomic E-state index is 14.6. The standard InChI is InChI=1S/C33H37ClF2N4O4/c1-4-40(32(42)44-25-9-7-24(35)8-10-25)29-20-39(19-26(29)22-5-11-27(34)28(36)17-22)31(41)21-13-15-38(16-14-21)30-12-6-23(18-37-30)33(2,3)43/h5-12,17-18,21,26,29,43H,4,13-16,19-20H2,1-3H3/t26-,29+/m0/s1. The normalized spacial score (nSPS) is 19.2. The van der Waals surface area contributed by atoms with Crippen molar-refractivity contribution in [2.75, 3.05) is 37.6 Å². The third-order valence-electron chi connectivity index (χ3n) is 8.59. The number of aliphatic hydroxyl groups is 1. The molecule has 3 aromatic rings. The molecule has 2 saturated heterocycles. The summed E-state index contributed by atoms with van der Waals surface area (Å²) < 4.78 is 33.5. The van der Waals surface area contributed by atoms with Crippen LogP contribution >= 0.6 is 11.6 Å². The van der Waals surface area contributed by atoms with Crippen molar-refractivity contribution in [2.24, 2.45) is 5.92 Å². The summed E-state index contributed by atoms with van der Waals surface area (Å²) in [6.45, 7) is 7.41. The first kappa shape index (κ1) is 31.7. The van der Waals surface area contributed by atoms with E-state index in [2.05, 4.69) is 9.88 Å². The summed E-state index contributed by atoms with van der Waals surface area (Å²) in [5.74, 6) is -0.590. The fourth-order valence-electron chi connectivity index (χ4n) is 6.06. The number of hydrogen-bond donors (Lipinski definition) is 1. The highest BCUT2D eigenvalue weighted by molar-refractivity contribution is 6.30. The molecule has 2 aliphatic rings. The molecule has 0 spiro atoms. The van der Waals surface area contributed by atoms with Crippen LogP contribution in [0.2, 0.25) is 5.02 Å². The van der Waals surface area contributed by atoms with E-state index in [-0.39, 0.29) is 41.6 Å². The van der Waals surface area contributed by atoms with Gasteiger partial charge in [-0.1, -0.05) is 23.7 Å². The zero-order valence-electron chi connectivity index (χ0n) is 25.1. The van der Waals surface area contributed by atoms with Crippen LogP contribution in [-0.2, 0) is 10.4 Å². The lowest BCUT2D eigenvalue weighted by Crippen LogP contribution is -2.47. The maximum atomic E-state index is 14.6. The quantitative estimate of drug-likeness (QED) is 0.348. The van der Waals surface area contributed by atoms with Gasteiger partial charge in [-0.15, -0.1) is 0 Å². The molecule has 0 radical (unpaired) electrons. The van der Waals surface area contributed by atoms with Crippen LogP contribution < -0.4 is 9.64 Å². The van der Waals surface area contributed by atoms with Gasteiger partial charge in [-0.2, -0.15) is 0 Å². The molecular weight excluding hydrogens is 590 g/mol. The highest BCUT2D eigenvalue weighted by Crippen LogP contribution is 2.35. The molecule has 3 heterocycles. The zero-order chi connectivity index (χ0) is 31.6. The molecule has 2 amide bonds. The zero-order valence-corrected chi connectivity index (χ0v) is 25.8. The molecule has 2 aromatic carbocycles. The summed E-state index contributed by atoms with van der Waals surface area (Å²) in [5, 5.41) is 10.2. The van der Waals surface area contributed by atoms with Crippen LogP contribution in [-0.4, -0.2) is 70.7 Å². The van der Waals surface area contributed by atoms with Crippen LogP contribution in [0.1, 0.15) is 50.7 Å². The van der Waals surface area contributed by atoms with Crippen molar-refractivity contribution < 1.29 is 28.2 Å². The highest BCUT2D eigenvalue weighted by Gasteiger charge is 2.43. The number of amides is 2. The number of likely N-dealkylation sites (N-methyl/N-ethyl adjacent to an activating group) is 1. The van der Waals surface area contributed by atoms with Gasteiger partial charge in [0.05, 0.1) is 16.7 Å². The molecule has 2 aliphatic heterocycles. The number of halogens is 3. The third-order valence-corrected chi connectivity index (χ3v) is 8.90. The molecule has 2 atom stereocenters. The number of benzene rings is 2. The van der Waals surface area contributed by atoms with Crippen molar-refractivity contribution in [3.63, 3.8) is 0 Å². The van der Waals surface area contributed by atoms with Gasteiger partial charge in [0.15, 0.2) is 0 Å². The van der Waals surface area contributed by atoms with Crippen LogP contribution in [0, 0.1) is 17.6 Å². The topological polar surface area (TPSA) is 86.2 Å². The Bertz CT molecular complexity index is 1470. The van der Waals surface area contributed by atoms with Gasteiger partial charge in [-0.05, 0) is 81.6 Å². The lowest BCUT2D eigenvalue weighted by atomic mass is 9.93. The van der Waals surface area contributed by atoms with E-state index in [1.807, 2.05) is 19.1 Å². The summed E-state index contributed by atoms with van der Waals surface area (Å²) >= 11 is 5.96. The second-order valence-electron chi connectivity index (χ2n) is 11.9. The van der Waals surface area contributed by atoms with Crippen molar-refractivity contribution >= 4 is 29.4 Å². The number of piperidine rings is 1. The summed E-state index contributed by atoms with van der Waals surface area (Å²) in [7, 11) is 0. The van der Waals surface area contributed by atoms with Crippen LogP contribution in [0.15, 0.2) is 60.8 Å². The van der Waals surface area contributed by atoms with Crippen molar-refractivity contribution in [1.29, 1.82) is 0 Å². The Kier molecular flexibility index (Phi) is 9.41. The van der Waals surface area contributed by atoms with Crippen molar-refractivity contribution in [3.8, 4) is 5.75 Å². The van der Waals surface area contributed by atoms with Crippen molar-refractivity contribution in [3.05, 3.63) is 88.6 Å². The van der Waals surface area contributed by atoms with E-state index >= 15 is 0 Å². The number of anilines is 1. The van der Waals surface area contributed by atoms with Gasteiger partial charge < -0.3 is 24.5 Å². The molecule has 44 heavy (non-hydrogen) atoms. The predicted octanol–water partition coefficient (Wildman–Crippen LogP) is 5.97. The molecule has 2 fully saturated rings. The van der Waals surface area contributed by atoms with Gasteiger partial charge in [-0.25, -0.2) is 18.6 Å². The lowest BCUT2D eigenvalue weighted by molar-refractivity contribution is -0.135. The minimum Gasteiger partial charge on any atom is -0.410 e. The monoisotopic (exact) mass is 626 g/mol. The first-order valence-corrected chi connectivity index (χ1v) is 15.2. The summed E-state index contributed by atoms with van der Waals surface area (Å²) in [6.07, 6.45) is 2.32. The summed E-state index contributed by atoms with van der Waals surface area (Å²) in [5.41, 5.74) is 0.391. The molecule has 1 N–H and O–H groups in total. The fraction of sp³-hybridized carbons (Fsp3) is 0.424. The van der Waals surface area contributed by atoms with Gasteiger partial charge in [0.25, 0.3) is 0 Å². The van der Waals surface area contributed by atoms with Crippen LogP contribution in [0.3, 0.4) is 0 Å². The summed E-state index contributed by atoms with van der Waals surface area (Å²) in [6, 6.07) is 13.0. The van der Waals surface area contributed by atoms with E-state index in [1.54, 1.807) is 35.9 Å². The maximum Gasteiger partial charge on any atom is 0.415 e. The van der Waals surface area contributed by atoms with Gasteiger partial charge in [0, 0.05) is 56.3 Å². The molecule has 1 aromatic heterocycles. The van der Waals surface area contributed by atoms with E-state index < -0.39 is 29.4 Å². The number of rotatable bonds is 7. The van der Waals surface area contributed by atoms with Gasteiger partial charge >= 0.3 is 6.09 Å². The number of aromatic nitrogens is 1. The molecule has 0 bridgehead atoms. The van der Waals surface area contributed by atoms with Crippen LogP contribution in [0.25, 0.3) is 0 Å².